The Morgan fingerprint density at radius 3 is 3.06 bits per heavy atom. The quantitative estimate of drug-likeness (QED) is 0.739. The maximum Gasteiger partial charge on any atom is 0.160 e. The Labute approximate surface area is 100 Å². The first-order chi connectivity index (χ1) is 8.24. The molecule has 0 radical (unpaired) electrons. The van der Waals surface area contributed by atoms with Gasteiger partial charge in [-0.2, -0.15) is 0 Å². The third-order valence-corrected chi connectivity index (χ3v) is 3.95. The molecule has 0 aromatic carbocycles. The van der Waals surface area contributed by atoms with E-state index in [9.17, 15) is 4.79 Å². The van der Waals surface area contributed by atoms with Gasteiger partial charge >= 0.3 is 0 Å². The molecule has 0 bridgehead atoms. The van der Waals surface area contributed by atoms with E-state index in [1.807, 2.05) is 6.08 Å². The van der Waals surface area contributed by atoms with Gasteiger partial charge in [0.05, 0.1) is 0 Å². The van der Waals surface area contributed by atoms with Crippen molar-refractivity contribution in [3.63, 3.8) is 0 Å². The summed E-state index contributed by atoms with van der Waals surface area (Å²) in [5.74, 6) is 0.729. The first-order valence-electron chi connectivity index (χ1n) is 6.41. The van der Waals surface area contributed by atoms with Crippen molar-refractivity contribution in [2.24, 2.45) is 5.73 Å². The molecule has 2 atom stereocenters. The van der Waals surface area contributed by atoms with E-state index in [4.69, 9.17) is 5.73 Å². The van der Waals surface area contributed by atoms with Crippen molar-refractivity contribution in [3.05, 3.63) is 22.3 Å². The fourth-order valence-corrected chi connectivity index (χ4v) is 3.07. The highest BCUT2D eigenvalue weighted by Crippen LogP contribution is 2.30. The summed E-state index contributed by atoms with van der Waals surface area (Å²) < 4.78 is 0. The molecule has 0 saturated heterocycles. The van der Waals surface area contributed by atoms with Gasteiger partial charge in [-0.3, -0.25) is 4.79 Å². The number of H-pyrrole nitrogens is 1. The Morgan fingerprint density at radius 2 is 2.24 bits per heavy atom. The topological polar surface area (TPSA) is 58.9 Å². The molecule has 2 unspecified atom stereocenters. The number of nitrogens with one attached hydrogen (secondary N) is 1. The van der Waals surface area contributed by atoms with E-state index in [-0.39, 0.29) is 5.78 Å². The molecule has 1 heterocycles. The van der Waals surface area contributed by atoms with Gasteiger partial charge in [0.15, 0.2) is 5.78 Å². The third-order valence-electron chi connectivity index (χ3n) is 3.95. The molecular weight excluding hydrogens is 212 g/mol. The number of ketones is 1. The van der Waals surface area contributed by atoms with E-state index in [2.05, 4.69) is 11.2 Å². The second kappa shape index (κ2) is 4.15. The summed E-state index contributed by atoms with van der Waals surface area (Å²) in [4.78, 5) is 14.8. The van der Waals surface area contributed by atoms with Crippen molar-refractivity contribution >= 4 is 17.9 Å². The molecule has 3 nitrogen and oxygen atoms in total. The SMILES string of the molecule is NC1CCCC(c2c[nH]c3c2=CC(=O)CC=3)C1. The lowest BCUT2D eigenvalue weighted by Gasteiger charge is -2.26. The van der Waals surface area contributed by atoms with E-state index in [0.717, 1.165) is 23.4 Å². The van der Waals surface area contributed by atoms with Crippen LogP contribution in [0, 0.1) is 0 Å². The highest BCUT2D eigenvalue weighted by molar-refractivity contribution is 6.09. The average Bonchev–Trinajstić information content (AvgIpc) is 2.71. The van der Waals surface area contributed by atoms with Gasteiger partial charge in [0.2, 0.25) is 0 Å². The number of aromatic nitrogens is 1. The molecule has 1 saturated carbocycles. The van der Waals surface area contributed by atoms with Crippen molar-refractivity contribution in [3.8, 4) is 0 Å². The zero-order valence-electron chi connectivity index (χ0n) is 9.91. The van der Waals surface area contributed by atoms with Crippen LogP contribution in [0.1, 0.15) is 43.6 Å². The van der Waals surface area contributed by atoms with E-state index >= 15 is 0 Å². The van der Waals surface area contributed by atoms with Crippen molar-refractivity contribution in [1.82, 2.24) is 4.98 Å². The largest absolute Gasteiger partial charge is 0.361 e. The van der Waals surface area contributed by atoms with Crippen LogP contribution in [0.3, 0.4) is 0 Å². The van der Waals surface area contributed by atoms with Crippen LogP contribution in [0.4, 0.5) is 0 Å². The summed E-state index contributed by atoms with van der Waals surface area (Å²) in [7, 11) is 0. The van der Waals surface area contributed by atoms with Crippen molar-refractivity contribution < 1.29 is 4.79 Å². The van der Waals surface area contributed by atoms with Crippen LogP contribution in [0.2, 0.25) is 0 Å². The molecule has 0 amide bonds. The van der Waals surface area contributed by atoms with Crippen LogP contribution < -0.4 is 16.3 Å². The maximum atomic E-state index is 11.5. The second-order valence-electron chi connectivity index (χ2n) is 5.21. The van der Waals surface area contributed by atoms with E-state index in [1.165, 1.54) is 18.4 Å². The smallest absolute Gasteiger partial charge is 0.160 e. The summed E-state index contributed by atoms with van der Waals surface area (Å²) in [6.07, 6.45) is 11.0. The minimum absolute atomic E-state index is 0.207. The van der Waals surface area contributed by atoms with Gasteiger partial charge in [-0.15, -0.1) is 0 Å². The first kappa shape index (κ1) is 10.8. The summed E-state index contributed by atoms with van der Waals surface area (Å²) in [5.41, 5.74) is 7.33. The van der Waals surface area contributed by atoms with Gasteiger partial charge in [-0.25, -0.2) is 0 Å². The van der Waals surface area contributed by atoms with Gasteiger partial charge in [0, 0.05) is 29.2 Å². The molecule has 1 aromatic rings. The highest BCUT2D eigenvalue weighted by atomic mass is 16.1. The number of hydrogen-bond acceptors (Lipinski definition) is 2. The van der Waals surface area contributed by atoms with E-state index < -0.39 is 0 Å². The fraction of sp³-hybridized carbons (Fsp3) is 0.500. The number of aromatic amines is 1. The van der Waals surface area contributed by atoms with Crippen LogP contribution >= 0.6 is 0 Å². The standard InChI is InChI=1S/C14H18N2O/c15-10-3-1-2-9(6-10)13-8-16-14-5-4-11(17)7-12(13)14/h5,7-10,16H,1-4,6,15H2. The number of hydrogen-bond donors (Lipinski definition) is 2. The second-order valence-corrected chi connectivity index (χ2v) is 5.21. The Morgan fingerprint density at radius 1 is 1.35 bits per heavy atom. The zero-order valence-corrected chi connectivity index (χ0v) is 9.91. The van der Waals surface area contributed by atoms with Gasteiger partial charge in [0.25, 0.3) is 0 Å². The molecular formula is C14H18N2O. The molecule has 3 N–H and O–H groups in total. The predicted octanol–water partition coefficient (Wildman–Crippen LogP) is 0.533. The Bertz CT molecular complexity index is 555. The number of carbonyl (C=O) groups excluding carboxylic acids is 1. The van der Waals surface area contributed by atoms with Gasteiger partial charge in [-0.05, 0) is 36.8 Å². The Hall–Kier alpha value is -1.35. The summed E-state index contributed by atoms with van der Waals surface area (Å²) in [6, 6.07) is 0.322. The molecule has 2 aliphatic carbocycles. The molecule has 17 heavy (non-hydrogen) atoms. The first-order valence-corrected chi connectivity index (χ1v) is 6.41. The lowest BCUT2D eigenvalue weighted by Crippen LogP contribution is -2.33. The monoisotopic (exact) mass is 230 g/mol. The van der Waals surface area contributed by atoms with Gasteiger partial charge < -0.3 is 10.7 Å². The molecule has 1 aromatic heterocycles. The molecule has 0 spiro atoms. The van der Waals surface area contributed by atoms with Crippen molar-refractivity contribution in [2.45, 2.75) is 44.1 Å². The average molecular weight is 230 g/mol. The summed E-state index contributed by atoms with van der Waals surface area (Å²) in [5, 5.41) is 2.22. The maximum absolute atomic E-state index is 11.5. The van der Waals surface area contributed by atoms with Crippen LogP contribution in [-0.4, -0.2) is 16.8 Å². The lowest BCUT2D eigenvalue weighted by molar-refractivity contribution is -0.112. The molecule has 3 heteroatoms. The predicted molar refractivity (Wildman–Crippen MR) is 67.8 cm³/mol. The van der Waals surface area contributed by atoms with Gasteiger partial charge in [0.1, 0.15) is 0 Å². The Kier molecular flexibility index (Phi) is 2.63. The number of Topliss-reactive ketones (excluding diaryl/α,β-unsaturated/α-hetero) is 1. The molecule has 0 aliphatic heterocycles. The van der Waals surface area contributed by atoms with Crippen molar-refractivity contribution in [2.75, 3.05) is 0 Å². The molecule has 2 aliphatic rings. The van der Waals surface area contributed by atoms with E-state index in [1.54, 1.807) is 6.08 Å². The van der Waals surface area contributed by atoms with Crippen LogP contribution in [0.15, 0.2) is 6.20 Å². The summed E-state index contributed by atoms with van der Waals surface area (Å²) >= 11 is 0. The zero-order chi connectivity index (χ0) is 11.8. The van der Waals surface area contributed by atoms with Crippen LogP contribution in [0.5, 0.6) is 0 Å². The van der Waals surface area contributed by atoms with Crippen LogP contribution in [-0.2, 0) is 4.79 Å². The van der Waals surface area contributed by atoms with Crippen molar-refractivity contribution in [1.29, 1.82) is 0 Å². The molecule has 3 rings (SSSR count). The number of carbonyl (C=O) groups is 1. The van der Waals surface area contributed by atoms with E-state index in [0.29, 0.717) is 18.4 Å². The minimum Gasteiger partial charge on any atom is -0.361 e. The van der Waals surface area contributed by atoms with Gasteiger partial charge in [-0.1, -0.05) is 12.5 Å². The fourth-order valence-electron chi connectivity index (χ4n) is 3.07. The lowest BCUT2D eigenvalue weighted by atomic mass is 9.82. The third kappa shape index (κ3) is 1.95. The normalized spacial score (nSPS) is 28.2. The van der Waals surface area contributed by atoms with Crippen LogP contribution in [0.25, 0.3) is 12.2 Å². The number of nitrogens with two attached hydrogens (primary N) is 1. The minimum atomic E-state index is 0.207. The molecule has 1 fully saturated rings. The Balaban J connectivity index is 2.02. The highest BCUT2D eigenvalue weighted by Gasteiger charge is 2.22. The number of fused-ring (bicyclic) bond motifs is 1. The molecule has 90 valence electrons. The number of rotatable bonds is 1. The summed E-state index contributed by atoms with van der Waals surface area (Å²) in [6.45, 7) is 0.